The van der Waals surface area contributed by atoms with Gasteiger partial charge in [0.1, 0.15) is 10.9 Å². The summed E-state index contributed by atoms with van der Waals surface area (Å²) in [5.41, 5.74) is 0.741. The average Bonchev–Trinajstić information content (AvgIpc) is 3.03. The van der Waals surface area contributed by atoms with Crippen LogP contribution in [0.5, 0.6) is 0 Å². The topological polar surface area (TPSA) is 104 Å². The molecule has 2 aromatic carbocycles. The lowest BCUT2D eigenvalue weighted by molar-refractivity contribution is -0.141. The summed E-state index contributed by atoms with van der Waals surface area (Å²) in [4.78, 5) is 40.2. The Kier molecular flexibility index (Phi) is 8.79. The molecule has 0 radical (unpaired) electrons. The molecule has 1 heterocycles. The molecule has 3 rings (SSSR count). The molecule has 0 saturated heterocycles. The molecule has 1 atom stereocenters. The number of benzene rings is 2. The van der Waals surface area contributed by atoms with Crippen molar-refractivity contribution in [2.75, 3.05) is 13.1 Å². The molecule has 35 heavy (non-hydrogen) atoms. The van der Waals surface area contributed by atoms with E-state index in [-0.39, 0.29) is 35.9 Å². The van der Waals surface area contributed by atoms with Gasteiger partial charge in [0.05, 0.1) is 15.6 Å². The van der Waals surface area contributed by atoms with Crippen LogP contribution in [0.4, 0.5) is 0 Å². The molecule has 1 aliphatic rings. The van der Waals surface area contributed by atoms with Crippen LogP contribution >= 0.6 is 23.2 Å². The number of amides is 3. The molecule has 3 amide bonds. The fourth-order valence-electron chi connectivity index (χ4n) is 3.91. The molecule has 0 spiro atoms. The average molecular weight is 540 g/mol. The van der Waals surface area contributed by atoms with E-state index in [0.717, 1.165) is 6.42 Å². The first-order valence-corrected chi connectivity index (χ1v) is 13.5. The highest BCUT2D eigenvalue weighted by Gasteiger charge is 2.41. The Morgan fingerprint density at radius 2 is 1.80 bits per heavy atom. The molecule has 2 aromatic rings. The third-order valence-corrected chi connectivity index (χ3v) is 8.29. The lowest BCUT2D eigenvalue weighted by Gasteiger charge is -2.31. The van der Waals surface area contributed by atoms with Crippen LogP contribution in [0, 0.1) is 0 Å². The van der Waals surface area contributed by atoms with Crippen LogP contribution < -0.4 is 5.32 Å². The molecule has 8 nitrogen and oxygen atoms in total. The molecule has 1 N–H and O–H groups in total. The maximum atomic E-state index is 13.4. The maximum absolute atomic E-state index is 13.4. The van der Waals surface area contributed by atoms with Gasteiger partial charge in [-0.1, -0.05) is 55.2 Å². The normalized spacial score (nSPS) is 15.0. The highest BCUT2D eigenvalue weighted by molar-refractivity contribution is 7.90. The van der Waals surface area contributed by atoms with Gasteiger partial charge in [-0.15, -0.1) is 0 Å². The Hall–Kier alpha value is -2.62. The number of fused-ring (bicyclic) bond motifs is 1. The van der Waals surface area contributed by atoms with Gasteiger partial charge in [0.2, 0.25) is 11.8 Å². The minimum atomic E-state index is -4.04. The molecule has 188 valence electrons. The van der Waals surface area contributed by atoms with Crippen molar-refractivity contribution in [1.29, 1.82) is 0 Å². The van der Waals surface area contributed by atoms with Crippen LogP contribution in [-0.4, -0.2) is 54.5 Å². The summed E-state index contributed by atoms with van der Waals surface area (Å²) in [5, 5.41) is 3.49. The zero-order chi connectivity index (χ0) is 25.8. The summed E-state index contributed by atoms with van der Waals surface area (Å²) in [7, 11) is -4.04. The van der Waals surface area contributed by atoms with Crippen molar-refractivity contribution >= 4 is 50.9 Å². The SMILES string of the molecule is CCCNC(=O)C(CC)N(Cc1ccc(Cl)c(Cl)c1)C(=O)CCN1C(=O)c2ccccc2S1(=O)=O. The standard InChI is InChI=1S/C24H27Cl2N3O5S/c1-3-12-27-23(31)20(4-2)28(15-16-9-10-18(25)19(26)14-16)22(30)11-13-29-24(32)17-7-5-6-8-21(17)35(29,33)34/h5-10,14,20H,3-4,11-13,15H2,1-2H3,(H,27,31). The molecule has 1 unspecified atom stereocenters. The van der Waals surface area contributed by atoms with Crippen LogP contribution in [0.25, 0.3) is 0 Å². The molecule has 0 saturated carbocycles. The van der Waals surface area contributed by atoms with E-state index in [0.29, 0.717) is 32.9 Å². The summed E-state index contributed by atoms with van der Waals surface area (Å²) in [6.45, 7) is 3.90. The summed E-state index contributed by atoms with van der Waals surface area (Å²) >= 11 is 12.1. The fourth-order valence-corrected chi connectivity index (χ4v) is 5.80. The highest BCUT2D eigenvalue weighted by Crippen LogP contribution is 2.30. The van der Waals surface area contributed by atoms with Crippen LogP contribution in [0.3, 0.4) is 0 Å². The number of carbonyl (C=O) groups excluding carboxylic acids is 3. The van der Waals surface area contributed by atoms with Crippen molar-refractivity contribution in [1.82, 2.24) is 14.5 Å². The van der Waals surface area contributed by atoms with Gasteiger partial charge in [-0.25, -0.2) is 12.7 Å². The predicted molar refractivity (Wildman–Crippen MR) is 134 cm³/mol. The summed E-state index contributed by atoms with van der Waals surface area (Å²) in [5.74, 6) is -1.44. The van der Waals surface area contributed by atoms with Gasteiger partial charge in [0, 0.05) is 26.1 Å². The van der Waals surface area contributed by atoms with Gasteiger partial charge in [-0.05, 0) is 42.7 Å². The van der Waals surface area contributed by atoms with Crippen molar-refractivity contribution in [3.8, 4) is 0 Å². The summed E-state index contributed by atoms with van der Waals surface area (Å²) in [6.07, 6.45) is 0.797. The van der Waals surface area contributed by atoms with Gasteiger partial charge in [0.15, 0.2) is 0 Å². The Bertz CT molecular complexity index is 1240. The Morgan fingerprint density at radius 1 is 1.09 bits per heavy atom. The van der Waals surface area contributed by atoms with E-state index < -0.39 is 27.9 Å². The number of nitrogens with zero attached hydrogens (tertiary/aromatic N) is 2. The van der Waals surface area contributed by atoms with E-state index in [1.54, 1.807) is 31.2 Å². The lowest BCUT2D eigenvalue weighted by atomic mass is 10.1. The van der Waals surface area contributed by atoms with Crippen LogP contribution in [0.1, 0.15) is 49.0 Å². The number of hydrogen-bond donors (Lipinski definition) is 1. The van der Waals surface area contributed by atoms with Gasteiger partial charge >= 0.3 is 0 Å². The maximum Gasteiger partial charge on any atom is 0.269 e. The smallest absolute Gasteiger partial charge is 0.269 e. The minimum absolute atomic E-state index is 0.0642. The molecular formula is C24H27Cl2N3O5S. The first-order valence-electron chi connectivity index (χ1n) is 11.3. The first-order chi connectivity index (χ1) is 16.6. The largest absolute Gasteiger partial charge is 0.354 e. The quantitative estimate of drug-likeness (QED) is 0.493. The Morgan fingerprint density at radius 3 is 2.43 bits per heavy atom. The zero-order valence-electron chi connectivity index (χ0n) is 19.5. The Balaban J connectivity index is 1.84. The minimum Gasteiger partial charge on any atom is -0.354 e. The van der Waals surface area contributed by atoms with Crippen LogP contribution in [0.15, 0.2) is 47.4 Å². The molecule has 0 aromatic heterocycles. The van der Waals surface area contributed by atoms with Crippen molar-refractivity contribution in [2.24, 2.45) is 0 Å². The fraction of sp³-hybridized carbons (Fsp3) is 0.375. The van der Waals surface area contributed by atoms with E-state index in [4.69, 9.17) is 23.2 Å². The molecule has 1 aliphatic heterocycles. The number of sulfonamides is 1. The highest BCUT2D eigenvalue weighted by atomic mass is 35.5. The van der Waals surface area contributed by atoms with Crippen molar-refractivity contribution in [2.45, 2.75) is 50.6 Å². The second kappa shape index (κ2) is 11.4. The van der Waals surface area contributed by atoms with Crippen molar-refractivity contribution in [3.05, 3.63) is 63.6 Å². The van der Waals surface area contributed by atoms with E-state index in [1.807, 2.05) is 6.92 Å². The summed E-state index contributed by atoms with van der Waals surface area (Å²) in [6, 6.07) is 10.1. The number of hydrogen-bond acceptors (Lipinski definition) is 5. The monoisotopic (exact) mass is 539 g/mol. The second-order valence-corrected chi connectivity index (χ2v) is 10.8. The molecule has 0 aliphatic carbocycles. The number of carbonyl (C=O) groups is 3. The lowest BCUT2D eigenvalue weighted by Crippen LogP contribution is -2.49. The van der Waals surface area contributed by atoms with Gasteiger partial charge in [-0.3, -0.25) is 14.4 Å². The summed E-state index contributed by atoms with van der Waals surface area (Å²) < 4.78 is 26.4. The van der Waals surface area contributed by atoms with Crippen molar-refractivity contribution in [3.63, 3.8) is 0 Å². The van der Waals surface area contributed by atoms with Gasteiger partial charge in [-0.2, -0.15) is 0 Å². The number of halogens is 2. The van der Waals surface area contributed by atoms with E-state index in [2.05, 4.69) is 5.32 Å². The molecule has 0 bridgehead atoms. The van der Waals surface area contributed by atoms with Crippen LogP contribution in [-0.2, 0) is 26.2 Å². The van der Waals surface area contributed by atoms with E-state index >= 15 is 0 Å². The zero-order valence-corrected chi connectivity index (χ0v) is 21.8. The van der Waals surface area contributed by atoms with Crippen molar-refractivity contribution < 1.29 is 22.8 Å². The molecular weight excluding hydrogens is 513 g/mol. The first kappa shape index (κ1) is 27.0. The van der Waals surface area contributed by atoms with Gasteiger partial charge in [0.25, 0.3) is 15.9 Å². The van der Waals surface area contributed by atoms with Crippen LogP contribution in [0.2, 0.25) is 10.0 Å². The van der Waals surface area contributed by atoms with Gasteiger partial charge < -0.3 is 10.2 Å². The van der Waals surface area contributed by atoms with E-state index in [9.17, 15) is 22.8 Å². The second-order valence-electron chi connectivity index (χ2n) is 8.11. The number of nitrogens with one attached hydrogen (secondary N) is 1. The molecule has 11 heteroatoms. The predicted octanol–water partition coefficient (Wildman–Crippen LogP) is 3.86. The van der Waals surface area contributed by atoms with E-state index in [1.165, 1.54) is 23.1 Å². The molecule has 0 fully saturated rings. The third kappa shape index (κ3) is 5.79. The number of rotatable bonds is 10. The Labute approximate surface area is 215 Å². The third-order valence-electron chi connectivity index (χ3n) is 5.71.